The topological polar surface area (TPSA) is 145 Å². The monoisotopic (exact) mass is 520 g/mol. The van der Waals surface area contributed by atoms with Crippen molar-refractivity contribution in [1.82, 2.24) is 19.4 Å². The Morgan fingerprint density at radius 2 is 2.17 bits per heavy atom. The van der Waals surface area contributed by atoms with Gasteiger partial charge in [-0.25, -0.2) is 14.6 Å². The van der Waals surface area contributed by atoms with Gasteiger partial charge in [0.15, 0.2) is 0 Å². The molecule has 2 fully saturated rings. The predicted molar refractivity (Wildman–Crippen MR) is 130 cm³/mol. The number of hydrogen-bond acceptors (Lipinski definition) is 8. The van der Waals surface area contributed by atoms with Crippen LogP contribution in [0.15, 0.2) is 35.8 Å². The molecule has 12 heteroatoms. The van der Waals surface area contributed by atoms with Gasteiger partial charge in [0, 0.05) is 41.4 Å². The van der Waals surface area contributed by atoms with Crippen molar-refractivity contribution in [1.29, 1.82) is 0 Å². The Kier molecular flexibility index (Phi) is 7.76. The molecule has 2 saturated heterocycles. The lowest BCUT2D eigenvalue weighted by molar-refractivity contribution is -0.163. The van der Waals surface area contributed by atoms with Crippen LogP contribution in [0.4, 0.5) is 4.79 Å². The molecule has 0 saturated carbocycles. The molecule has 0 aromatic carbocycles. The van der Waals surface area contributed by atoms with Crippen molar-refractivity contribution in [2.24, 2.45) is 11.8 Å². The molecule has 0 spiro atoms. The number of aliphatic hydroxyl groups is 2. The molecule has 11 nitrogen and oxygen atoms in total. The van der Waals surface area contributed by atoms with Crippen molar-refractivity contribution < 1.29 is 34.4 Å². The standard InChI is InChI=1S/C24H32N4O7S/c1-4-7-35-24(34)27-10-17(8-16(27)5-6-26-9-15(11-29)25-12-26)36-21-13(2)19-18(14(3)30)22(31)28(19)20(21)23(32)33/h4,9,12-14,16-19,29-30H,1,5-8,10-11H2,2-3H3,(H,32,33)/t13-,14-,16+,17+,18-,19-/m1/s1. The van der Waals surface area contributed by atoms with E-state index < -0.39 is 24.1 Å². The summed E-state index contributed by atoms with van der Waals surface area (Å²) in [4.78, 5) is 45.2. The Bertz CT molecular complexity index is 1070. The molecule has 6 atom stereocenters. The third-order valence-electron chi connectivity index (χ3n) is 7.11. The number of likely N-dealkylation sites (tertiary alicyclic amines) is 1. The van der Waals surface area contributed by atoms with Crippen molar-refractivity contribution in [2.75, 3.05) is 13.2 Å². The predicted octanol–water partition coefficient (Wildman–Crippen LogP) is 1.42. The van der Waals surface area contributed by atoms with Gasteiger partial charge in [-0.3, -0.25) is 4.79 Å². The first-order chi connectivity index (χ1) is 17.2. The van der Waals surface area contributed by atoms with Crippen LogP contribution < -0.4 is 0 Å². The number of carbonyl (C=O) groups is 3. The SMILES string of the molecule is C=CCOC(=O)N1C[C@@H](SC2=C(C(=O)O)N3C(=O)[C@H]([C@@H](C)O)[C@H]3[C@H]2C)C[C@@H]1CCn1cnc(CO)c1. The number of carbonyl (C=O) groups excluding carboxylic acids is 2. The summed E-state index contributed by atoms with van der Waals surface area (Å²) in [5.74, 6) is -2.38. The summed E-state index contributed by atoms with van der Waals surface area (Å²) in [7, 11) is 0. The Morgan fingerprint density at radius 1 is 1.42 bits per heavy atom. The molecule has 1 aromatic rings. The Balaban J connectivity index is 1.51. The summed E-state index contributed by atoms with van der Waals surface area (Å²) in [6, 6.07) is -0.520. The van der Waals surface area contributed by atoms with E-state index >= 15 is 0 Å². The first-order valence-corrected chi connectivity index (χ1v) is 12.9. The number of β-lactam (4-membered cyclic amide) rings is 1. The third-order valence-corrected chi connectivity index (χ3v) is 8.60. The van der Waals surface area contributed by atoms with Crippen molar-refractivity contribution >= 4 is 29.7 Å². The molecule has 3 aliphatic heterocycles. The van der Waals surface area contributed by atoms with Crippen LogP contribution in [-0.4, -0.2) is 89.2 Å². The van der Waals surface area contributed by atoms with Gasteiger partial charge in [-0.15, -0.1) is 11.8 Å². The minimum absolute atomic E-state index is 0.0152. The number of aliphatic hydroxyl groups excluding tert-OH is 2. The van der Waals surface area contributed by atoms with Gasteiger partial charge in [0.05, 0.1) is 36.7 Å². The van der Waals surface area contributed by atoms with Gasteiger partial charge in [-0.05, 0) is 19.8 Å². The molecule has 36 heavy (non-hydrogen) atoms. The molecule has 3 aliphatic rings. The Morgan fingerprint density at radius 3 is 2.78 bits per heavy atom. The number of fused-ring (bicyclic) bond motifs is 1. The zero-order chi connectivity index (χ0) is 26.1. The van der Waals surface area contributed by atoms with Gasteiger partial charge in [0.2, 0.25) is 5.91 Å². The van der Waals surface area contributed by atoms with E-state index in [1.807, 2.05) is 11.5 Å². The highest BCUT2D eigenvalue weighted by Crippen LogP contribution is 2.52. The normalized spacial score (nSPS) is 28.2. The summed E-state index contributed by atoms with van der Waals surface area (Å²) in [6.07, 6.45) is 4.82. The van der Waals surface area contributed by atoms with Gasteiger partial charge in [0.1, 0.15) is 12.3 Å². The largest absolute Gasteiger partial charge is 0.477 e. The minimum atomic E-state index is -1.17. The van der Waals surface area contributed by atoms with Crippen molar-refractivity contribution in [3.05, 3.63) is 41.5 Å². The van der Waals surface area contributed by atoms with E-state index in [4.69, 9.17) is 4.74 Å². The lowest BCUT2D eigenvalue weighted by Gasteiger charge is -2.46. The van der Waals surface area contributed by atoms with Crippen LogP contribution in [0.3, 0.4) is 0 Å². The van der Waals surface area contributed by atoms with Crippen molar-refractivity contribution in [3.63, 3.8) is 0 Å². The molecule has 0 radical (unpaired) electrons. The van der Waals surface area contributed by atoms with Gasteiger partial charge in [-0.2, -0.15) is 0 Å². The number of imidazole rings is 1. The first-order valence-electron chi connectivity index (χ1n) is 12.0. The van der Waals surface area contributed by atoms with Crippen LogP contribution in [-0.2, 0) is 27.5 Å². The molecule has 0 aliphatic carbocycles. The Labute approximate surface area is 213 Å². The smallest absolute Gasteiger partial charge is 0.410 e. The number of thioether (sulfide) groups is 1. The van der Waals surface area contributed by atoms with Crippen LogP contribution in [0.25, 0.3) is 0 Å². The van der Waals surface area contributed by atoms with E-state index in [1.165, 1.54) is 22.7 Å². The third kappa shape index (κ3) is 4.76. The van der Waals surface area contributed by atoms with Gasteiger partial charge < -0.3 is 34.4 Å². The van der Waals surface area contributed by atoms with Crippen LogP contribution >= 0.6 is 11.8 Å². The molecule has 1 aromatic heterocycles. The number of aromatic nitrogens is 2. The number of ether oxygens (including phenoxy) is 1. The van der Waals surface area contributed by atoms with E-state index in [1.54, 1.807) is 24.3 Å². The average Bonchev–Trinajstić information content (AvgIpc) is 3.52. The maximum absolute atomic E-state index is 12.8. The number of carboxylic acid groups (broad SMARTS) is 1. The van der Waals surface area contributed by atoms with Crippen LogP contribution in [0.1, 0.15) is 32.4 Å². The molecule has 0 bridgehead atoms. The second-order valence-electron chi connectivity index (χ2n) is 9.47. The lowest BCUT2D eigenvalue weighted by atomic mass is 9.79. The second kappa shape index (κ2) is 10.7. The first kappa shape index (κ1) is 26.2. The quantitative estimate of drug-likeness (QED) is 0.308. The van der Waals surface area contributed by atoms with Gasteiger partial charge in [0.25, 0.3) is 0 Å². The number of hydrogen-bond donors (Lipinski definition) is 3. The van der Waals surface area contributed by atoms with E-state index in [-0.39, 0.29) is 48.1 Å². The molecule has 4 rings (SSSR count). The zero-order valence-corrected chi connectivity index (χ0v) is 21.1. The highest BCUT2D eigenvalue weighted by atomic mass is 32.2. The number of rotatable bonds is 10. The molecule has 2 amide bonds. The maximum Gasteiger partial charge on any atom is 0.410 e. The van der Waals surface area contributed by atoms with E-state index in [9.17, 15) is 29.7 Å². The number of nitrogens with zero attached hydrogens (tertiary/aromatic N) is 4. The number of aryl methyl sites for hydroxylation is 1. The fourth-order valence-corrected chi connectivity index (χ4v) is 7.00. The maximum atomic E-state index is 12.8. The van der Waals surface area contributed by atoms with E-state index in [2.05, 4.69) is 11.6 Å². The van der Waals surface area contributed by atoms with Gasteiger partial charge >= 0.3 is 12.1 Å². The number of amides is 2. The highest BCUT2D eigenvalue weighted by molar-refractivity contribution is 8.03. The Hall–Kier alpha value is -2.83. The fraction of sp³-hybridized carbons (Fsp3) is 0.583. The van der Waals surface area contributed by atoms with E-state index in [0.717, 1.165) is 0 Å². The van der Waals surface area contributed by atoms with Gasteiger partial charge in [-0.1, -0.05) is 19.6 Å². The molecule has 3 N–H and O–H groups in total. The summed E-state index contributed by atoms with van der Waals surface area (Å²) in [5, 5.41) is 29.1. The summed E-state index contributed by atoms with van der Waals surface area (Å²) >= 11 is 1.40. The van der Waals surface area contributed by atoms with Crippen molar-refractivity contribution in [3.8, 4) is 0 Å². The average molecular weight is 521 g/mol. The molecular formula is C24H32N4O7S. The summed E-state index contributed by atoms with van der Waals surface area (Å²) < 4.78 is 7.15. The van der Waals surface area contributed by atoms with Crippen molar-refractivity contribution in [2.45, 2.75) is 63.3 Å². The second-order valence-corrected chi connectivity index (χ2v) is 10.8. The van der Waals surface area contributed by atoms with Crippen LogP contribution in [0.5, 0.6) is 0 Å². The van der Waals surface area contributed by atoms with E-state index in [0.29, 0.717) is 36.5 Å². The summed E-state index contributed by atoms with van der Waals surface area (Å²) in [6.45, 7) is 7.92. The molecular weight excluding hydrogens is 488 g/mol. The summed E-state index contributed by atoms with van der Waals surface area (Å²) in [5.41, 5.74) is 0.550. The minimum Gasteiger partial charge on any atom is -0.477 e. The molecule has 196 valence electrons. The van der Waals surface area contributed by atoms with Crippen LogP contribution in [0.2, 0.25) is 0 Å². The van der Waals surface area contributed by atoms with Crippen LogP contribution in [0, 0.1) is 11.8 Å². The lowest BCUT2D eigenvalue weighted by Crippen LogP contribution is -2.63. The number of carboxylic acids is 1. The highest BCUT2D eigenvalue weighted by Gasteiger charge is 2.60. The molecule has 4 heterocycles. The molecule has 0 unspecified atom stereocenters. The fourth-order valence-electron chi connectivity index (χ4n) is 5.44. The number of aliphatic carboxylic acids is 1. The zero-order valence-electron chi connectivity index (χ0n) is 20.3.